The maximum atomic E-state index is 6.16. The zero-order valence-electron chi connectivity index (χ0n) is 10.6. The molecule has 0 aliphatic carbocycles. The summed E-state index contributed by atoms with van der Waals surface area (Å²) in [5.74, 6) is 0. The second-order valence-corrected chi connectivity index (χ2v) is 4.93. The van der Waals surface area contributed by atoms with Gasteiger partial charge in [0.05, 0.1) is 18.9 Å². The maximum absolute atomic E-state index is 6.16. The van der Waals surface area contributed by atoms with Crippen LogP contribution in [0.3, 0.4) is 0 Å². The highest BCUT2D eigenvalue weighted by Crippen LogP contribution is 2.20. The SMILES string of the molecule is Clc1ncccc1-n1cccc1CN1CCOCC1. The lowest BCUT2D eigenvalue weighted by Crippen LogP contribution is -2.36. The molecule has 2 aromatic rings. The van der Waals surface area contributed by atoms with Crippen molar-refractivity contribution < 1.29 is 4.74 Å². The lowest BCUT2D eigenvalue weighted by molar-refractivity contribution is 0.0334. The lowest BCUT2D eigenvalue weighted by atomic mass is 10.3. The molecule has 3 heterocycles. The monoisotopic (exact) mass is 277 g/mol. The van der Waals surface area contributed by atoms with Crippen LogP contribution >= 0.6 is 11.6 Å². The lowest BCUT2D eigenvalue weighted by Gasteiger charge is -2.27. The number of nitrogens with zero attached hydrogens (tertiary/aromatic N) is 3. The number of pyridine rings is 1. The topological polar surface area (TPSA) is 30.3 Å². The third kappa shape index (κ3) is 2.81. The Labute approximate surface area is 117 Å². The van der Waals surface area contributed by atoms with Crippen LogP contribution in [0.1, 0.15) is 5.69 Å². The van der Waals surface area contributed by atoms with Crippen molar-refractivity contribution in [3.8, 4) is 5.69 Å². The molecule has 0 saturated carbocycles. The highest BCUT2D eigenvalue weighted by atomic mass is 35.5. The van der Waals surface area contributed by atoms with Crippen molar-refractivity contribution in [2.24, 2.45) is 0 Å². The van der Waals surface area contributed by atoms with Crippen LogP contribution in [-0.4, -0.2) is 40.8 Å². The van der Waals surface area contributed by atoms with Crippen molar-refractivity contribution in [3.63, 3.8) is 0 Å². The summed E-state index contributed by atoms with van der Waals surface area (Å²) in [5.41, 5.74) is 2.15. The van der Waals surface area contributed by atoms with Gasteiger partial charge in [0.1, 0.15) is 0 Å². The van der Waals surface area contributed by atoms with E-state index in [0.29, 0.717) is 5.15 Å². The van der Waals surface area contributed by atoms with Gasteiger partial charge in [0.2, 0.25) is 0 Å². The molecule has 0 N–H and O–H groups in total. The second-order valence-electron chi connectivity index (χ2n) is 4.57. The predicted molar refractivity (Wildman–Crippen MR) is 74.7 cm³/mol. The average Bonchev–Trinajstić information content (AvgIpc) is 2.88. The summed E-state index contributed by atoms with van der Waals surface area (Å²) in [6.07, 6.45) is 3.73. The minimum atomic E-state index is 0.530. The zero-order chi connectivity index (χ0) is 13.1. The fourth-order valence-corrected chi connectivity index (χ4v) is 2.54. The highest BCUT2D eigenvalue weighted by Gasteiger charge is 2.14. The molecule has 0 atom stereocenters. The average molecular weight is 278 g/mol. The number of rotatable bonds is 3. The number of aromatic nitrogens is 2. The first-order valence-electron chi connectivity index (χ1n) is 6.42. The first kappa shape index (κ1) is 12.7. The van der Waals surface area contributed by atoms with Gasteiger partial charge in [0, 0.05) is 37.7 Å². The van der Waals surface area contributed by atoms with E-state index in [1.54, 1.807) is 6.20 Å². The molecule has 0 spiro atoms. The van der Waals surface area contributed by atoms with Crippen LogP contribution in [0.5, 0.6) is 0 Å². The smallest absolute Gasteiger partial charge is 0.152 e. The highest BCUT2D eigenvalue weighted by molar-refractivity contribution is 6.31. The van der Waals surface area contributed by atoms with Gasteiger partial charge in [-0.25, -0.2) is 4.98 Å². The summed E-state index contributed by atoms with van der Waals surface area (Å²) in [6.45, 7) is 4.49. The summed E-state index contributed by atoms with van der Waals surface area (Å²) >= 11 is 6.16. The van der Waals surface area contributed by atoms with E-state index >= 15 is 0 Å². The van der Waals surface area contributed by atoms with Crippen LogP contribution in [0.2, 0.25) is 5.15 Å². The number of halogens is 1. The molecule has 2 aromatic heterocycles. The molecule has 19 heavy (non-hydrogen) atoms. The Morgan fingerprint density at radius 3 is 2.84 bits per heavy atom. The maximum Gasteiger partial charge on any atom is 0.152 e. The first-order chi connectivity index (χ1) is 9.34. The number of hydrogen-bond acceptors (Lipinski definition) is 3. The number of morpholine rings is 1. The van der Waals surface area contributed by atoms with E-state index in [1.165, 1.54) is 5.69 Å². The molecule has 1 aliphatic heterocycles. The van der Waals surface area contributed by atoms with E-state index in [-0.39, 0.29) is 0 Å². The number of hydrogen-bond donors (Lipinski definition) is 0. The number of ether oxygens (including phenoxy) is 1. The van der Waals surface area contributed by atoms with E-state index in [1.807, 2.05) is 24.4 Å². The van der Waals surface area contributed by atoms with Crippen molar-refractivity contribution in [1.29, 1.82) is 0 Å². The Balaban J connectivity index is 1.84. The van der Waals surface area contributed by atoms with Gasteiger partial charge in [0.25, 0.3) is 0 Å². The van der Waals surface area contributed by atoms with Gasteiger partial charge in [-0.05, 0) is 24.3 Å². The van der Waals surface area contributed by atoms with Crippen molar-refractivity contribution in [2.45, 2.75) is 6.54 Å². The summed E-state index contributed by atoms with van der Waals surface area (Å²) < 4.78 is 7.48. The van der Waals surface area contributed by atoms with Crippen LogP contribution < -0.4 is 0 Å². The summed E-state index contributed by atoms with van der Waals surface area (Å²) in [7, 11) is 0. The van der Waals surface area contributed by atoms with Crippen LogP contribution in [-0.2, 0) is 11.3 Å². The molecule has 4 nitrogen and oxygen atoms in total. The standard InChI is InChI=1S/C14H16ClN3O/c15-14-13(4-1-5-16-14)18-6-2-3-12(18)11-17-7-9-19-10-8-17/h1-6H,7-11H2. The summed E-state index contributed by atoms with van der Waals surface area (Å²) in [4.78, 5) is 6.52. The fourth-order valence-electron chi connectivity index (χ4n) is 2.33. The molecule has 0 bridgehead atoms. The van der Waals surface area contributed by atoms with Crippen molar-refractivity contribution >= 4 is 11.6 Å². The van der Waals surface area contributed by atoms with Gasteiger partial charge >= 0.3 is 0 Å². The van der Waals surface area contributed by atoms with Crippen molar-refractivity contribution in [2.75, 3.05) is 26.3 Å². The Bertz CT molecular complexity index is 549. The fraction of sp³-hybridized carbons (Fsp3) is 0.357. The molecule has 100 valence electrons. The zero-order valence-corrected chi connectivity index (χ0v) is 11.4. The van der Waals surface area contributed by atoms with E-state index in [9.17, 15) is 0 Å². The summed E-state index contributed by atoms with van der Waals surface area (Å²) in [6, 6.07) is 8.05. The van der Waals surface area contributed by atoms with Gasteiger partial charge in [-0.3, -0.25) is 4.90 Å². The quantitative estimate of drug-likeness (QED) is 0.807. The minimum Gasteiger partial charge on any atom is -0.379 e. The van der Waals surface area contributed by atoms with Crippen molar-refractivity contribution in [1.82, 2.24) is 14.5 Å². The van der Waals surface area contributed by atoms with Gasteiger partial charge in [-0.1, -0.05) is 11.6 Å². The largest absolute Gasteiger partial charge is 0.379 e. The summed E-state index contributed by atoms with van der Waals surface area (Å²) in [5, 5.41) is 0.530. The Morgan fingerprint density at radius 2 is 2.05 bits per heavy atom. The molecular weight excluding hydrogens is 262 g/mol. The van der Waals surface area contributed by atoms with Gasteiger partial charge in [0.15, 0.2) is 5.15 Å². The Kier molecular flexibility index (Phi) is 3.82. The Hall–Kier alpha value is -1.36. The van der Waals surface area contributed by atoms with E-state index in [4.69, 9.17) is 16.3 Å². The van der Waals surface area contributed by atoms with Crippen LogP contribution in [0.25, 0.3) is 5.69 Å². The van der Waals surface area contributed by atoms with Crippen molar-refractivity contribution in [3.05, 3.63) is 47.5 Å². The molecule has 0 aromatic carbocycles. The van der Waals surface area contributed by atoms with E-state index in [0.717, 1.165) is 38.5 Å². The molecule has 1 saturated heterocycles. The normalized spacial score (nSPS) is 16.7. The van der Waals surface area contributed by atoms with Gasteiger partial charge in [-0.2, -0.15) is 0 Å². The van der Waals surface area contributed by atoms with E-state index < -0.39 is 0 Å². The molecule has 5 heteroatoms. The minimum absolute atomic E-state index is 0.530. The molecule has 3 rings (SSSR count). The molecule has 1 fully saturated rings. The van der Waals surface area contributed by atoms with Crippen LogP contribution in [0, 0.1) is 0 Å². The molecule has 1 aliphatic rings. The van der Waals surface area contributed by atoms with Gasteiger partial charge in [-0.15, -0.1) is 0 Å². The third-order valence-corrected chi connectivity index (χ3v) is 3.61. The van der Waals surface area contributed by atoms with Crippen LogP contribution in [0.4, 0.5) is 0 Å². The third-order valence-electron chi connectivity index (χ3n) is 3.32. The Morgan fingerprint density at radius 1 is 1.21 bits per heavy atom. The van der Waals surface area contributed by atoms with Crippen LogP contribution in [0.15, 0.2) is 36.7 Å². The second kappa shape index (κ2) is 5.74. The van der Waals surface area contributed by atoms with Gasteiger partial charge < -0.3 is 9.30 Å². The first-order valence-corrected chi connectivity index (χ1v) is 6.79. The predicted octanol–water partition coefficient (Wildman–Crippen LogP) is 2.36. The van der Waals surface area contributed by atoms with E-state index in [2.05, 4.69) is 20.5 Å². The molecule has 0 amide bonds. The molecule has 0 unspecified atom stereocenters. The molecule has 0 radical (unpaired) electrons. The molecular formula is C14H16ClN3O.